The van der Waals surface area contributed by atoms with Gasteiger partial charge in [0.15, 0.2) is 0 Å². The molecule has 0 radical (unpaired) electrons. The molecule has 0 heterocycles. The average molecular weight is 480 g/mol. The van der Waals surface area contributed by atoms with Gasteiger partial charge in [-0.1, -0.05) is 54.1 Å². The zero-order valence-corrected chi connectivity index (χ0v) is 19.7. The first-order valence-corrected chi connectivity index (χ1v) is 11.1. The second kappa shape index (κ2) is 11.9. The fourth-order valence-corrected chi connectivity index (χ4v) is 3.36. The van der Waals surface area contributed by atoms with Crippen molar-refractivity contribution in [3.05, 3.63) is 100 Å². The summed E-state index contributed by atoms with van der Waals surface area (Å²) >= 11 is 6.03. The van der Waals surface area contributed by atoms with Crippen LogP contribution < -0.4 is 20.9 Å². The maximum absolute atomic E-state index is 12.4. The molecule has 7 nitrogen and oxygen atoms in total. The Balaban J connectivity index is 1.50. The summed E-state index contributed by atoms with van der Waals surface area (Å²) in [6, 6.07) is 21.0. The molecule has 3 rings (SSSR count). The minimum Gasteiger partial charge on any atom is -0.489 e. The third kappa shape index (κ3) is 7.35. The predicted molar refractivity (Wildman–Crippen MR) is 130 cm³/mol. The number of ether oxygens (including phenoxy) is 1. The first kappa shape index (κ1) is 24.8. The minimum atomic E-state index is -0.501. The standard InChI is InChI=1S/C26H26ClN3O4/c1-17-14-22(12-13-23(17)27)34-16-19-8-10-21(11-9-19)26(33)30-29-25(32)15-24(28-18(2)31)20-6-4-3-5-7-20/h3-14,24H,15-16H2,1-2H3,(H,28,31)(H,29,32)(H,30,33)/t24-/m1/s1. The molecule has 0 saturated carbocycles. The molecule has 3 amide bonds. The third-order valence-corrected chi connectivity index (χ3v) is 5.46. The van der Waals surface area contributed by atoms with Gasteiger partial charge in [-0.25, -0.2) is 0 Å². The van der Waals surface area contributed by atoms with Crippen LogP contribution in [0.2, 0.25) is 5.02 Å². The molecule has 0 saturated heterocycles. The number of hydrogen-bond acceptors (Lipinski definition) is 4. The molecule has 3 aromatic carbocycles. The molecule has 3 aromatic rings. The first-order chi connectivity index (χ1) is 16.3. The number of hydrazine groups is 1. The smallest absolute Gasteiger partial charge is 0.269 e. The maximum atomic E-state index is 12.4. The van der Waals surface area contributed by atoms with Gasteiger partial charge in [0.1, 0.15) is 12.4 Å². The van der Waals surface area contributed by atoms with Crippen molar-refractivity contribution in [3.8, 4) is 5.75 Å². The Morgan fingerprint density at radius 2 is 1.65 bits per heavy atom. The average Bonchev–Trinajstić information content (AvgIpc) is 2.83. The zero-order chi connectivity index (χ0) is 24.5. The van der Waals surface area contributed by atoms with Crippen LogP contribution in [-0.4, -0.2) is 17.7 Å². The minimum absolute atomic E-state index is 0.0235. The van der Waals surface area contributed by atoms with Gasteiger partial charge >= 0.3 is 0 Å². The monoisotopic (exact) mass is 479 g/mol. The molecule has 0 aromatic heterocycles. The maximum Gasteiger partial charge on any atom is 0.269 e. The second-order valence-corrected chi connectivity index (χ2v) is 8.17. The highest BCUT2D eigenvalue weighted by Crippen LogP contribution is 2.22. The largest absolute Gasteiger partial charge is 0.489 e. The lowest BCUT2D eigenvalue weighted by Gasteiger charge is -2.18. The van der Waals surface area contributed by atoms with E-state index in [0.717, 1.165) is 16.7 Å². The fourth-order valence-electron chi connectivity index (χ4n) is 3.24. The first-order valence-electron chi connectivity index (χ1n) is 10.7. The summed E-state index contributed by atoms with van der Waals surface area (Å²) in [7, 11) is 0. The number of hydrogen-bond donors (Lipinski definition) is 3. The molecule has 0 bridgehead atoms. The Morgan fingerprint density at radius 1 is 0.941 bits per heavy atom. The number of carbonyl (C=O) groups excluding carboxylic acids is 3. The van der Waals surface area contributed by atoms with Gasteiger partial charge in [-0.2, -0.15) is 0 Å². The topological polar surface area (TPSA) is 96.5 Å². The molecular formula is C26H26ClN3O4. The Labute approximate surface area is 203 Å². The Hall–Kier alpha value is -3.84. The summed E-state index contributed by atoms with van der Waals surface area (Å²) in [5.74, 6) is -0.426. The lowest BCUT2D eigenvalue weighted by atomic mass is 10.0. The van der Waals surface area contributed by atoms with E-state index in [2.05, 4.69) is 16.2 Å². The highest BCUT2D eigenvalue weighted by atomic mass is 35.5. The molecule has 3 N–H and O–H groups in total. The molecule has 34 heavy (non-hydrogen) atoms. The van der Waals surface area contributed by atoms with Crippen LogP contribution in [-0.2, 0) is 16.2 Å². The van der Waals surface area contributed by atoms with Crippen molar-refractivity contribution in [2.45, 2.75) is 32.9 Å². The Bertz CT molecular complexity index is 1150. The number of amides is 3. The molecule has 0 aliphatic heterocycles. The number of rotatable bonds is 8. The highest BCUT2D eigenvalue weighted by Gasteiger charge is 2.17. The molecule has 0 unspecified atom stereocenters. The van der Waals surface area contributed by atoms with Crippen molar-refractivity contribution in [1.29, 1.82) is 0 Å². The summed E-state index contributed by atoms with van der Waals surface area (Å²) < 4.78 is 5.76. The van der Waals surface area contributed by atoms with Gasteiger partial charge < -0.3 is 10.1 Å². The molecule has 0 fully saturated rings. The van der Waals surface area contributed by atoms with Gasteiger partial charge in [-0.05, 0) is 53.9 Å². The molecule has 1 atom stereocenters. The highest BCUT2D eigenvalue weighted by molar-refractivity contribution is 6.31. The number of halogens is 1. The summed E-state index contributed by atoms with van der Waals surface area (Å²) in [5.41, 5.74) is 7.80. The van der Waals surface area contributed by atoms with E-state index in [4.69, 9.17) is 16.3 Å². The molecule has 0 aliphatic carbocycles. The summed E-state index contributed by atoms with van der Waals surface area (Å²) in [4.78, 5) is 36.3. The van der Waals surface area contributed by atoms with E-state index in [1.165, 1.54) is 6.92 Å². The van der Waals surface area contributed by atoms with Crippen molar-refractivity contribution >= 4 is 29.3 Å². The van der Waals surface area contributed by atoms with Crippen LogP contribution in [0.1, 0.15) is 46.4 Å². The van der Waals surface area contributed by atoms with Crippen molar-refractivity contribution in [2.75, 3.05) is 0 Å². The predicted octanol–water partition coefficient (Wildman–Crippen LogP) is 4.26. The van der Waals surface area contributed by atoms with Crippen molar-refractivity contribution in [3.63, 3.8) is 0 Å². The van der Waals surface area contributed by atoms with E-state index in [1.807, 2.05) is 43.3 Å². The van der Waals surface area contributed by atoms with E-state index in [1.54, 1.807) is 36.4 Å². The summed E-state index contributed by atoms with van der Waals surface area (Å²) in [6.07, 6.45) is -0.0235. The Morgan fingerprint density at radius 3 is 2.29 bits per heavy atom. The quantitative estimate of drug-likeness (QED) is 0.421. The van der Waals surface area contributed by atoms with Gasteiger partial charge in [0.2, 0.25) is 11.8 Å². The molecule has 0 spiro atoms. The number of benzene rings is 3. The Kier molecular flexibility index (Phi) is 8.65. The van der Waals surface area contributed by atoms with E-state index in [-0.39, 0.29) is 12.3 Å². The molecular weight excluding hydrogens is 454 g/mol. The van der Waals surface area contributed by atoms with Crippen LogP contribution in [0, 0.1) is 6.92 Å². The summed E-state index contributed by atoms with van der Waals surface area (Å²) in [6.45, 7) is 3.63. The normalized spacial score (nSPS) is 11.3. The van der Waals surface area contributed by atoms with Gasteiger partial charge in [-0.15, -0.1) is 0 Å². The lowest BCUT2D eigenvalue weighted by molar-refractivity contribution is -0.123. The van der Waals surface area contributed by atoms with Crippen LogP contribution in [0.3, 0.4) is 0 Å². The second-order valence-electron chi connectivity index (χ2n) is 7.77. The molecule has 8 heteroatoms. The van der Waals surface area contributed by atoms with Crippen LogP contribution in [0.15, 0.2) is 72.8 Å². The fraction of sp³-hybridized carbons (Fsp3) is 0.192. The van der Waals surface area contributed by atoms with E-state index in [9.17, 15) is 14.4 Å². The third-order valence-electron chi connectivity index (χ3n) is 5.04. The van der Waals surface area contributed by atoms with Gasteiger partial charge in [0, 0.05) is 17.5 Å². The van der Waals surface area contributed by atoms with Gasteiger partial charge in [0.05, 0.1) is 12.5 Å². The number of aryl methyl sites for hydroxylation is 1. The van der Waals surface area contributed by atoms with Crippen molar-refractivity contribution < 1.29 is 19.1 Å². The SMILES string of the molecule is CC(=O)N[C@H](CC(=O)NNC(=O)c1ccc(COc2ccc(Cl)c(C)c2)cc1)c1ccccc1. The van der Waals surface area contributed by atoms with E-state index in [0.29, 0.717) is 22.9 Å². The van der Waals surface area contributed by atoms with Crippen molar-refractivity contribution in [2.24, 2.45) is 0 Å². The molecule has 0 aliphatic rings. The van der Waals surface area contributed by atoms with Crippen LogP contribution in [0.5, 0.6) is 5.75 Å². The van der Waals surface area contributed by atoms with Crippen LogP contribution in [0.25, 0.3) is 0 Å². The summed E-state index contributed by atoms with van der Waals surface area (Å²) in [5, 5.41) is 3.43. The van der Waals surface area contributed by atoms with Gasteiger partial charge in [-0.3, -0.25) is 25.2 Å². The molecule has 176 valence electrons. The van der Waals surface area contributed by atoms with Crippen LogP contribution >= 0.6 is 11.6 Å². The number of carbonyl (C=O) groups is 3. The lowest BCUT2D eigenvalue weighted by Crippen LogP contribution is -2.43. The zero-order valence-electron chi connectivity index (χ0n) is 18.9. The van der Waals surface area contributed by atoms with E-state index >= 15 is 0 Å². The number of nitrogens with one attached hydrogen (secondary N) is 3. The van der Waals surface area contributed by atoms with Crippen molar-refractivity contribution in [1.82, 2.24) is 16.2 Å². The van der Waals surface area contributed by atoms with Crippen LogP contribution in [0.4, 0.5) is 0 Å². The van der Waals surface area contributed by atoms with E-state index < -0.39 is 17.9 Å². The van der Waals surface area contributed by atoms with Gasteiger partial charge in [0.25, 0.3) is 5.91 Å².